The summed E-state index contributed by atoms with van der Waals surface area (Å²) in [6, 6.07) is 12.3. The summed E-state index contributed by atoms with van der Waals surface area (Å²) < 4.78 is 27.1. The molecule has 0 bridgehead atoms. The summed E-state index contributed by atoms with van der Waals surface area (Å²) in [5.74, 6) is -0.844. The summed E-state index contributed by atoms with van der Waals surface area (Å²) in [7, 11) is -3.65. The Morgan fingerprint density at radius 2 is 1.44 bits per heavy atom. The Morgan fingerprint density at radius 1 is 0.926 bits per heavy atom. The number of hydrogen-bond donors (Lipinski definition) is 3. The summed E-state index contributed by atoms with van der Waals surface area (Å²) in [6.07, 6.45) is 0. The van der Waals surface area contributed by atoms with Crippen LogP contribution < -0.4 is 15.8 Å². The van der Waals surface area contributed by atoms with Crippen LogP contribution >= 0.6 is 0 Å². The van der Waals surface area contributed by atoms with Crippen LogP contribution in [0.15, 0.2) is 53.4 Å². The smallest absolute Gasteiger partial charge is 0.251 e. The lowest BCUT2D eigenvalue weighted by Crippen LogP contribution is -2.40. The number of carbonyl (C=O) groups excluding carboxylic acids is 2. The molecule has 2 amide bonds. The van der Waals surface area contributed by atoms with Crippen molar-refractivity contribution in [1.82, 2.24) is 10.0 Å². The van der Waals surface area contributed by atoms with Crippen LogP contribution in [0.5, 0.6) is 0 Å². The molecule has 0 aliphatic carbocycles. The van der Waals surface area contributed by atoms with Crippen molar-refractivity contribution in [3.63, 3.8) is 0 Å². The quantitative estimate of drug-likeness (QED) is 0.698. The fourth-order valence-corrected chi connectivity index (χ4v) is 3.74. The third-order valence-electron chi connectivity index (χ3n) is 3.56. The Morgan fingerprint density at radius 3 is 1.93 bits per heavy atom. The molecule has 0 aliphatic heterocycles. The van der Waals surface area contributed by atoms with Gasteiger partial charge in [0.15, 0.2) is 0 Å². The first-order valence-electron chi connectivity index (χ1n) is 8.29. The van der Waals surface area contributed by atoms with Gasteiger partial charge in [0.2, 0.25) is 15.9 Å². The summed E-state index contributed by atoms with van der Waals surface area (Å²) in [6.45, 7) is 5.52. The van der Waals surface area contributed by atoms with Gasteiger partial charge in [0.05, 0.1) is 4.90 Å². The Kier molecular flexibility index (Phi) is 6.02. The van der Waals surface area contributed by atoms with Crippen LogP contribution in [-0.4, -0.2) is 25.8 Å². The third kappa shape index (κ3) is 5.90. The second-order valence-electron chi connectivity index (χ2n) is 7.12. The van der Waals surface area contributed by atoms with E-state index in [0.717, 1.165) is 5.56 Å². The molecule has 144 valence electrons. The summed E-state index contributed by atoms with van der Waals surface area (Å²) in [5, 5.41) is 2.74. The highest BCUT2D eigenvalue weighted by Crippen LogP contribution is 2.14. The third-order valence-corrected chi connectivity index (χ3v) is 5.33. The second kappa shape index (κ2) is 7.89. The average molecular weight is 389 g/mol. The van der Waals surface area contributed by atoms with E-state index in [0.29, 0.717) is 11.1 Å². The van der Waals surface area contributed by atoms with Gasteiger partial charge in [-0.15, -0.1) is 0 Å². The number of primary amides is 1. The van der Waals surface area contributed by atoms with E-state index in [1.807, 2.05) is 0 Å². The predicted molar refractivity (Wildman–Crippen MR) is 103 cm³/mol. The van der Waals surface area contributed by atoms with Crippen LogP contribution in [0, 0.1) is 0 Å². The summed E-state index contributed by atoms with van der Waals surface area (Å²) >= 11 is 0. The number of rotatable bonds is 6. The molecule has 0 spiro atoms. The standard InChI is InChI=1S/C19H23N3O4S/c1-19(2,3)22-27(25,26)16-10-8-15(9-11-16)18(24)21-12-13-4-6-14(7-5-13)17(20)23/h4-11,22H,12H2,1-3H3,(H2,20,23)(H,21,24). The molecule has 2 aromatic rings. The van der Waals surface area contributed by atoms with Crippen LogP contribution in [0.2, 0.25) is 0 Å². The molecule has 0 aromatic heterocycles. The molecule has 7 nitrogen and oxygen atoms in total. The molecule has 0 saturated heterocycles. The highest BCUT2D eigenvalue weighted by Gasteiger charge is 2.22. The minimum Gasteiger partial charge on any atom is -0.366 e. The molecule has 0 unspecified atom stereocenters. The van der Waals surface area contributed by atoms with E-state index in [1.165, 1.54) is 24.3 Å². The number of sulfonamides is 1. The number of nitrogens with one attached hydrogen (secondary N) is 2. The first-order valence-corrected chi connectivity index (χ1v) is 9.77. The Balaban J connectivity index is 2.02. The van der Waals surface area contributed by atoms with E-state index in [-0.39, 0.29) is 17.3 Å². The lowest BCUT2D eigenvalue weighted by molar-refractivity contribution is 0.0949. The van der Waals surface area contributed by atoms with Crippen molar-refractivity contribution in [2.75, 3.05) is 0 Å². The predicted octanol–water partition coefficient (Wildman–Crippen LogP) is 1.79. The van der Waals surface area contributed by atoms with Gasteiger partial charge in [-0.05, 0) is 62.7 Å². The van der Waals surface area contributed by atoms with E-state index < -0.39 is 21.5 Å². The highest BCUT2D eigenvalue weighted by molar-refractivity contribution is 7.89. The van der Waals surface area contributed by atoms with Crippen LogP contribution in [0.1, 0.15) is 47.1 Å². The monoisotopic (exact) mass is 389 g/mol. The maximum atomic E-state index is 12.3. The molecular weight excluding hydrogens is 366 g/mol. The normalized spacial score (nSPS) is 11.8. The molecule has 2 aromatic carbocycles. The van der Waals surface area contributed by atoms with Crippen molar-refractivity contribution in [1.29, 1.82) is 0 Å². The number of nitrogens with two attached hydrogens (primary N) is 1. The number of hydrogen-bond acceptors (Lipinski definition) is 4. The maximum absolute atomic E-state index is 12.3. The van der Waals surface area contributed by atoms with E-state index in [4.69, 9.17) is 5.73 Å². The van der Waals surface area contributed by atoms with Gasteiger partial charge in [-0.1, -0.05) is 12.1 Å². The SMILES string of the molecule is CC(C)(C)NS(=O)(=O)c1ccc(C(=O)NCc2ccc(C(N)=O)cc2)cc1. The van der Waals surface area contributed by atoms with Gasteiger partial charge in [-0.2, -0.15) is 0 Å². The molecular formula is C19H23N3O4S. The van der Waals surface area contributed by atoms with Gasteiger partial charge in [0.25, 0.3) is 5.91 Å². The van der Waals surface area contributed by atoms with Gasteiger partial charge >= 0.3 is 0 Å². The molecule has 0 saturated carbocycles. The van der Waals surface area contributed by atoms with Crippen molar-refractivity contribution in [3.8, 4) is 0 Å². The molecule has 8 heteroatoms. The van der Waals surface area contributed by atoms with E-state index >= 15 is 0 Å². The molecule has 27 heavy (non-hydrogen) atoms. The van der Waals surface area contributed by atoms with E-state index in [9.17, 15) is 18.0 Å². The molecule has 0 fully saturated rings. The van der Waals surface area contributed by atoms with Gasteiger partial charge < -0.3 is 11.1 Å². The molecule has 0 atom stereocenters. The lowest BCUT2D eigenvalue weighted by atomic mass is 10.1. The summed E-state index contributed by atoms with van der Waals surface area (Å²) in [4.78, 5) is 23.4. The highest BCUT2D eigenvalue weighted by atomic mass is 32.2. The summed E-state index contributed by atoms with van der Waals surface area (Å²) in [5.41, 5.74) is 6.13. The molecule has 0 radical (unpaired) electrons. The molecule has 2 rings (SSSR count). The Labute approximate surface area is 159 Å². The maximum Gasteiger partial charge on any atom is 0.251 e. The van der Waals surface area contributed by atoms with Crippen LogP contribution in [0.25, 0.3) is 0 Å². The fourth-order valence-electron chi connectivity index (χ4n) is 2.32. The molecule has 0 heterocycles. The van der Waals surface area contributed by atoms with Crippen molar-refractivity contribution >= 4 is 21.8 Å². The first kappa shape index (κ1) is 20.6. The second-order valence-corrected chi connectivity index (χ2v) is 8.81. The van der Waals surface area contributed by atoms with Crippen molar-refractivity contribution in [2.24, 2.45) is 5.73 Å². The zero-order valence-electron chi connectivity index (χ0n) is 15.4. The van der Waals surface area contributed by atoms with E-state index in [1.54, 1.807) is 45.0 Å². The lowest BCUT2D eigenvalue weighted by Gasteiger charge is -2.20. The largest absolute Gasteiger partial charge is 0.366 e. The Bertz CT molecular complexity index is 928. The first-order chi connectivity index (χ1) is 12.5. The topological polar surface area (TPSA) is 118 Å². The van der Waals surface area contributed by atoms with Crippen LogP contribution in [0.3, 0.4) is 0 Å². The number of carbonyl (C=O) groups is 2. The zero-order valence-corrected chi connectivity index (χ0v) is 16.3. The number of benzene rings is 2. The minimum atomic E-state index is -3.65. The average Bonchev–Trinajstić information content (AvgIpc) is 2.58. The van der Waals surface area contributed by atoms with Crippen LogP contribution in [0.4, 0.5) is 0 Å². The van der Waals surface area contributed by atoms with Crippen molar-refractivity contribution < 1.29 is 18.0 Å². The van der Waals surface area contributed by atoms with Crippen molar-refractivity contribution in [3.05, 3.63) is 65.2 Å². The molecule has 4 N–H and O–H groups in total. The van der Waals surface area contributed by atoms with Gasteiger partial charge in [-0.25, -0.2) is 13.1 Å². The minimum absolute atomic E-state index is 0.0935. The van der Waals surface area contributed by atoms with E-state index in [2.05, 4.69) is 10.0 Å². The van der Waals surface area contributed by atoms with Gasteiger partial charge in [-0.3, -0.25) is 9.59 Å². The van der Waals surface area contributed by atoms with Gasteiger partial charge in [0, 0.05) is 23.2 Å². The van der Waals surface area contributed by atoms with Crippen LogP contribution in [-0.2, 0) is 16.6 Å². The zero-order chi connectivity index (χ0) is 20.2. The number of amides is 2. The Hall–Kier alpha value is -2.71. The van der Waals surface area contributed by atoms with Gasteiger partial charge in [0.1, 0.15) is 0 Å². The fraction of sp³-hybridized carbons (Fsp3) is 0.263. The van der Waals surface area contributed by atoms with Crippen molar-refractivity contribution in [2.45, 2.75) is 37.8 Å². The molecule has 0 aliphatic rings.